The van der Waals surface area contributed by atoms with Crippen LogP contribution in [0.5, 0.6) is 0 Å². The molecule has 4 heteroatoms. The van der Waals surface area contributed by atoms with E-state index in [1.54, 1.807) is 0 Å². The summed E-state index contributed by atoms with van der Waals surface area (Å²) in [5.41, 5.74) is 1.20. The molecule has 2 unspecified atom stereocenters. The Morgan fingerprint density at radius 2 is 2.22 bits per heavy atom. The summed E-state index contributed by atoms with van der Waals surface area (Å²) >= 11 is 1.85. The largest absolute Gasteiger partial charge is 0.313 e. The lowest BCUT2D eigenvalue weighted by Gasteiger charge is -2.27. The van der Waals surface area contributed by atoms with Crippen molar-refractivity contribution in [3.05, 3.63) is 15.6 Å². The van der Waals surface area contributed by atoms with Gasteiger partial charge in [0.1, 0.15) is 5.01 Å². The molecule has 0 aliphatic carbocycles. The van der Waals surface area contributed by atoms with Crippen molar-refractivity contribution in [2.24, 2.45) is 0 Å². The number of rotatable bonds is 3. The zero-order valence-corrected chi connectivity index (χ0v) is 12.8. The SMILES string of the molecule is CCC1CN(Cc2nc(C)c(C)s2)C(C)CCN1. The molecule has 102 valence electrons. The third-order valence-electron chi connectivity index (χ3n) is 3.98. The maximum absolute atomic E-state index is 4.68. The topological polar surface area (TPSA) is 28.2 Å². The fourth-order valence-electron chi connectivity index (χ4n) is 2.48. The molecular formula is C14H25N3S. The summed E-state index contributed by atoms with van der Waals surface area (Å²) in [6, 6.07) is 1.29. The first-order valence-electron chi connectivity index (χ1n) is 7.00. The van der Waals surface area contributed by atoms with Gasteiger partial charge in [-0.3, -0.25) is 4.90 Å². The van der Waals surface area contributed by atoms with Crippen molar-refractivity contribution in [1.82, 2.24) is 15.2 Å². The van der Waals surface area contributed by atoms with E-state index in [9.17, 15) is 0 Å². The van der Waals surface area contributed by atoms with E-state index in [0.29, 0.717) is 12.1 Å². The van der Waals surface area contributed by atoms with Gasteiger partial charge in [-0.1, -0.05) is 6.92 Å². The molecule has 0 radical (unpaired) electrons. The average molecular weight is 267 g/mol. The summed E-state index contributed by atoms with van der Waals surface area (Å²) in [6.07, 6.45) is 2.44. The van der Waals surface area contributed by atoms with Crippen LogP contribution in [0.4, 0.5) is 0 Å². The molecule has 1 aliphatic rings. The molecule has 2 atom stereocenters. The van der Waals surface area contributed by atoms with Crippen LogP contribution >= 0.6 is 11.3 Å². The second-order valence-corrected chi connectivity index (χ2v) is 6.66. The second kappa shape index (κ2) is 6.13. The third kappa shape index (κ3) is 3.31. The lowest BCUT2D eigenvalue weighted by Crippen LogP contribution is -2.39. The van der Waals surface area contributed by atoms with E-state index in [1.807, 2.05) is 11.3 Å². The molecule has 1 fully saturated rings. The van der Waals surface area contributed by atoms with Crippen molar-refractivity contribution >= 4 is 11.3 Å². The van der Waals surface area contributed by atoms with E-state index in [2.05, 4.69) is 42.9 Å². The molecule has 0 spiro atoms. The van der Waals surface area contributed by atoms with Gasteiger partial charge in [-0.2, -0.15) is 0 Å². The molecule has 0 bridgehead atoms. The molecule has 1 aromatic rings. The van der Waals surface area contributed by atoms with E-state index in [0.717, 1.165) is 19.6 Å². The van der Waals surface area contributed by atoms with Crippen LogP contribution in [0.2, 0.25) is 0 Å². The van der Waals surface area contributed by atoms with Gasteiger partial charge in [0.25, 0.3) is 0 Å². The van der Waals surface area contributed by atoms with Crippen molar-refractivity contribution in [3.63, 3.8) is 0 Å². The predicted molar refractivity (Wildman–Crippen MR) is 78.2 cm³/mol. The van der Waals surface area contributed by atoms with Crippen LogP contribution in [-0.4, -0.2) is 35.1 Å². The minimum atomic E-state index is 0.636. The molecule has 0 amide bonds. The maximum Gasteiger partial charge on any atom is 0.107 e. The molecule has 1 aromatic heterocycles. The van der Waals surface area contributed by atoms with Gasteiger partial charge >= 0.3 is 0 Å². The van der Waals surface area contributed by atoms with Gasteiger partial charge in [0.15, 0.2) is 0 Å². The number of hydrogen-bond acceptors (Lipinski definition) is 4. The highest BCUT2D eigenvalue weighted by atomic mass is 32.1. The first-order valence-corrected chi connectivity index (χ1v) is 7.82. The molecule has 0 saturated carbocycles. The highest BCUT2D eigenvalue weighted by Gasteiger charge is 2.22. The minimum Gasteiger partial charge on any atom is -0.313 e. The molecule has 18 heavy (non-hydrogen) atoms. The van der Waals surface area contributed by atoms with E-state index in [1.165, 1.54) is 28.4 Å². The summed E-state index contributed by atoms with van der Waals surface area (Å²) < 4.78 is 0. The molecule has 3 nitrogen and oxygen atoms in total. The lowest BCUT2D eigenvalue weighted by atomic mass is 10.2. The van der Waals surface area contributed by atoms with Crippen LogP contribution in [0.25, 0.3) is 0 Å². The van der Waals surface area contributed by atoms with E-state index >= 15 is 0 Å². The summed E-state index contributed by atoms with van der Waals surface area (Å²) in [4.78, 5) is 8.62. The zero-order valence-electron chi connectivity index (χ0n) is 12.0. The van der Waals surface area contributed by atoms with Crippen molar-refractivity contribution in [2.75, 3.05) is 13.1 Å². The van der Waals surface area contributed by atoms with Gasteiger partial charge < -0.3 is 5.32 Å². The molecule has 1 aliphatic heterocycles. The Morgan fingerprint density at radius 3 is 2.83 bits per heavy atom. The number of aromatic nitrogens is 1. The van der Waals surface area contributed by atoms with Gasteiger partial charge in [-0.25, -0.2) is 4.98 Å². The van der Waals surface area contributed by atoms with Gasteiger partial charge in [0.05, 0.1) is 12.2 Å². The molecule has 2 rings (SSSR count). The van der Waals surface area contributed by atoms with E-state index < -0.39 is 0 Å². The predicted octanol–water partition coefficient (Wildman–Crippen LogP) is 2.72. The first kappa shape index (κ1) is 14.0. The standard InChI is InChI=1S/C14H25N3S/c1-5-13-8-17(10(2)6-7-15-13)9-14-16-11(3)12(4)18-14/h10,13,15H,5-9H2,1-4H3. The Labute approximate surface area is 115 Å². The Balaban J connectivity index is 2.05. The van der Waals surface area contributed by atoms with Crippen LogP contribution in [0.15, 0.2) is 0 Å². The maximum atomic E-state index is 4.68. The Hall–Kier alpha value is -0.450. The van der Waals surface area contributed by atoms with Crippen molar-refractivity contribution in [1.29, 1.82) is 0 Å². The average Bonchev–Trinajstić information content (AvgIpc) is 2.55. The van der Waals surface area contributed by atoms with E-state index in [-0.39, 0.29) is 0 Å². The second-order valence-electron chi connectivity index (χ2n) is 5.38. The fraction of sp³-hybridized carbons (Fsp3) is 0.786. The zero-order chi connectivity index (χ0) is 13.1. The van der Waals surface area contributed by atoms with Crippen molar-refractivity contribution in [2.45, 2.75) is 59.2 Å². The van der Waals surface area contributed by atoms with Gasteiger partial charge in [-0.05, 0) is 40.2 Å². The Kier molecular flexibility index (Phi) is 4.76. The first-order chi connectivity index (χ1) is 8.60. The number of hydrogen-bond donors (Lipinski definition) is 1. The minimum absolute atomic E-state index is 0.636. The third-order valence-corrected chi connectivity index (χ3v) is 5.03. The lowest BCUT2D eigenvalue weighted by molar-refractivity contribution is 0.194. The smallest absolute Gasteiger partial charge is 0.107 e. The number of nitrogens with zero attached hydrogens (tertiary/aromatic N) is 2. The van der Waals surface area contributed by atoms with Crippen molar-refractivity contribution in [3.8, 4) is 0 Å². The highest BCUT2D eigenvalue weighted by Crippen LogP contribution is 2.20. The summed E-state index contributed by atoms with van der Waals surface area (Å²) in [5, 5.41) is 4.91. The quantitative estimate of drug-likeness (QED) is 0.912. The number of thiazole rings is 1. The Morgan fingerprint density at radius 1 is 1.44 bits per heavy atom. The monoisotopic (exact) mass is 267 g/mol. The molecular weight excluding hydrogens is 242 g/mol. The van der Waals surface area contributed by atoms with Crippen LogP contribution < -0.4 is 5.32 Å². The summed E-state index contributed by atoms with van der Waals surface area (Å²) in [5.74, 6) is 0. The van der Waals surface area contributed by atoms with Crippen molar-refractivity contribution < 1.29 is 0 Å². The number of aryl methyl sites for hydroxylation is 2. The summed E-state index contributed by atoms with van der Waals surface area (Å²) in [6.45, 7) is 12.2. The summed E-state index contributed by atoms with van der Waals surface area (Å²) in [7, 11) is 0. The normalized spacial score (nSPS) is 26.2. The number of nitrogens with one attached hydrogen (secondary N) is 1. The van der Waals surface area contributed by atoms with Crippen LogP contribution in [0, 0.1) is 13.8 Å². The van der Waals surface area contributed by atoms with E-state index in [4.69, 9.17) is 0 Å². The fourth-order valence-corrected chi connectivity index (χ4v) is 3.44. The molecule has 1 N–H and O–H groups in total. The van der Waals surface area contributed by atoms with Gasteiger partial charge in [0, 0.05) is 23.5 Å². The van der Waals surface area contributed by atoms with Crippen LogP contribution in [0.3, 0.4) is 0 Å². The molecule has 0 aromatic carbocycles. The molecule has 1 saturated heterocycles. The van der Waals surface area contributed by atoms with Crippen LogP contribution in [0.1, 0.15) is 42.3 Å². The Bertz CT molecular complexity index is 369. The molecule has 2 heterocycles. The highest BCUT2D eigenvalue weighted by molar-refractivity contribution is 7.11. The van der Waals surface area contributed by atoms with Gasteiger partial charge in [0.2, 0.25) is 0 Å². The van der Waals surface area contributed by atoms with Gasteiger partial charge in [-0.15, -0.1) is 11.3 Å². The van der Waals surface area contributed by atoms with Crippen LogP contribution in [-0.2, 0) is 6.54 Å².